The van der Waals surface area contributed by atoms with Crippen LogP contribution in [-0.2, 0) is 25.5 Å². The highest BCUT2D eigenvalue weighted by Crippen LogP contribution is 2.25. The number of thioether (sulfide) groups is 1. The molecule has 1 aliphatic heterocycles. The number of ether oxygens (including phenoxy) is 1. The molecule has 1 aliphatic rings. The minimum atomic E-state index is -0.781. The predicted molar refractivity (Wildman–Crippen MR) is 99.6 cm³/mol. The van der Waals surface area contributed by atoms with Crippen LogP contribution in [0.3, 0.4) is 0 Å². The molecule has 25 heavy (non-hydrogen) atoms. The second-order valence-electron chi connectivity index (χ2n) is 5.50. The van der Waals surface area contributed by atoms with E-state index in [2.05, 4.69) is 0 Å². The van der Waals surface area contributed by atoms with E-state index in [0.717, 1.165) is 5.56 Å². The fraction of sp³-hybridized carbons (Fsp3) is 0.471. The van der Waals surface area contributed by atoms with Crippen LogP contribution in [0.4, 0.5) is 0 Å². The smallest absolute Gasteiger partial charge is 0.323 e. The molecule has 0 bridgehead atoms. The number of imide groups is 1. The Morgan fingerprint density at radius 1 is 1.36 bits per heavy atom. The van der Waals surface area contributed by atoms with Crippen LogP contribution in [0.25, 0.3) is 0 Å². The Hall–Kier alpha value is -1.57. The van der Waals surface area contributed by atoms with Crippen molar-refractivity contribution >= 4 is 42.0 Å². The lowest BCUT2D eigenvalue weighted by molar-refractivity contribution is -0.144. The Balaban J connectivity index is 0.00000312. The molecule has 1 aromatic rings. The van der Waals surface area contributed by atoms with Crippen molar-refractivity contribution < 1.29 is 19.1 Å². The number of carbonyl (C=O) groups is 3. The number of likely N-dealkylation sites (tertiary alicyclic amines) is 1. The lowest BCUT2D eigenvalue weighted by Gasteiger charge is -2.15. The molecule has 0 radical (unpaired) electrons. The van der Waals surface area contributed by atoms with Gasteiger partial charge < -0.3 is 10.5 Å². The summed E-state index contributed by atoms with van der Waals surface area (Å²) >= 11 is 1.25. The summed E-state index contributed by atoms with van der Waals surface area (Å²) in [5, 5.41) is -0.464. The highest BCUT2D eigenvalue weighted by Gasteiger charge is 2.38. The minimum absolute atomic E-state index is 0. The zero-order valence-corrected chi connectivity index (χ0v) is 15.7. The molecular weight excluding hydrogens is 364 g/mol. The normalized spacial score (nSPS) is 18.0. The van der Waals surface area contributed by atoms with Gasteiger partial charge in [-0.15, -0.1) is 24.2 Å². The first-order valence-electron chi connectivity index (χ1n) is 7.95. The van der Waals surface area contributed by atoms with E-state index in [4.69, 9.17) is 10.5 Å². The quantitative estimate of drug-likeness (QED) is 0.536. The molecule has 2 N–H and O–H groups in total. The first-order chi connectivity index (χ1) is 11.5. The maximum absolute atomic E-state index is 12.4. The summed E-state index contributed by atoms with van der Waals surface area (Å²) in [7, 11) is 0. The fourth-order valence-corrected chi connectivity index (χ4v) is 3.55. The van der Waals surface area contributed by atoms with Gasteiger partial charge in [-0.1, -0.05) is 30.3 Å². The van der Waals surface area contributed by atoms with Crippen molar-refractivity contribution in [3.8, 4) is 0 Å². The van der Waals surface area contributed by atoms with E-state index in [0.29, 0.717) is 13.0 Å². The molecule has 8 heteroatoms. The van der Waals surface area contributed by atoms with Crippen molar-refractivity contribution in [2.45, 2.75) is 31.1 Å². The molecule has 2 atom stereocenters. The zero-order chi connectivity index (χ0) is 17.5. The number of halogens is 1. The van der Waals surface area contributed by atoms with Crippen molar-refractivity contribution in [2.75, 3.05) is 18.9 Å². The third-order valence-corrected chi connectivity index (χ3v) is 5.06. The molecule has 2 rings (SSSR count). The van der Waals surface area contributed by atoms with Gasteiger partial charge in [0.25, 0.3) is 0 Å². The van der Waals surface area contributed by atoms with Crippen LogP contribution >= 0.6 is 24.2 Å². The highest BCUT2D eigenvalue weighted by molar-refractivity contribution is 8.00. The lowest BCUT2D eigenvalue weighted by Crippen LogP contribution is -2.36. The van der Waals surface area contributed by atoms with Crippen LogP contribution in [-0.4, -0.2) is 52.9 Å². The first-order valence-corrected chi connectivity index (χ1v) is 8.99. The van der Waals surface area contributed by atoms with Crippen molar-refractivity contribution in [1.82, 2.24) is 4.90 Å². The average Bonchev–Trinajstić information content (AvgIpc) is 2.85. The van der Waals surface area contributed by atoms with Gasteiger partial charge >= 0.3 is 5.97 Å². The summed E-state index contributed by atoms with van der Waals surface area (Å²) in [5.74, 6) is -0.590. The summed E-state index contributed by atoms with van der Waals surface area (Å²) in [4.78, 5) is 37.2. The van der Waals surface area contributed by atoms with E-state index < -0.39 is 17.3 Å². The third-order valence-electron chi connectivity index (χ3n) is 3.74. The fourth-order valence-electron chi connectivity index (χ4n) is 2.44. The minimum Gasteiger partial charge on any atom is -0.465 e. The maximum Gasteiger partial charge on any atom is 0.323 e. The number of hydrogen-bond acceptors (Lipinski definition) is 6. The number of esters is 1. The van der Waals surface area contributed by atoms with Gasteiger partial charge in [-0.25, -0.2) is 0 Å². The molecule has 0 saturated carbocycles. The molecule has 1 heterocycles. The Morgan fingerprint density at radius 2 is 2.04 bits per heavy atom. The van der Waals surface area contributed by atoms with Gasteiger partial charge in [-0.3, -0.25) is 19.3 Å². The molecule has 2 unspecified atom stereocenters. The van der Waals surface area contributed by atoms with Crippen LogP contribution < -0.4 is 5.73 Å². The monoisotopic (exact) mass is 386 g/mol. The number of hydrogen-bond donors (Lipinski definition) is 1. The van der Waals surface area contributed by atoms with Gasteiger partial charge in [0.1, 0.15) is 6.04 Å². The number of benzene rings is 1. The number of nitrogens with two attached hydrogens (primary N) is 1. The molecule has 1 saturated heterocycles. The number of rotatable bonds is 8. The van der Waals surface area contributed by atoms with Gasteiger partial charge in [0.05, 0.1) is 11.9 Å². The molecule has 0 aromatic heterocycles. The average molecular weight is 387 g/mol. The van der Waals surface area contributed by atoms with E-state index in [1.807, 2.05) is 30.3 Å². The van der Waals surface area contributed by atoms with Gasteiger partial charge in [0.2, 0.25) is 11.8 Å². The molecular formula is C17H23ClN2O4S. The van der Waals surface area contributed by atoms with Crippen LogP contribution in [0.5, 0.6) is 0 Å². The number of amides is 2. The summed E-state index contributed by atoms with van der Waals surface area (Å²) in [6.45, 7) is 2.36. The molecule has 1 fully saturated rings. The molecule has 1 aromatic carbocycles. The molecule has 0 spiro atoms. The molecule has 0 aliphatic carbocycles. The largest absolute Gasteiger partial charge is 0.465 e. The Kier molecular flexibility index (Phi) is 8.96. The van der Waals surface area contributed by atoms with Crippen molar-refractivity contribution in [2.24, 2.45) is 5.73 Å². The topological polar surface area (TPSA) is 89.7 Å². The summed E-state index contributed by atoms with van der Waals surface area (Å²) in [5.41, 5.74) is 6.81. The standard InChI is InChI=1S/C17H22N2O4S.ClH/c1-2-23-17(22)13(18)11-24-14-10-15(20)19(16(14)21)9-8-12-6-4-3-5-7-12;/h3-7,13-14H,2,8-11,18H2,1H3;1H. The predicted octanol–water partition coefficient (Wildman–Crippen LogP) is 1.40. The number of carbonyl (C=O) groups excluding carboxylic acids is 3. The summed E-state index contributed by atoms with van der Waals surface area (Å²) < 4.78 is 4.84. The van der Waals surface area contributed by atoms with E-state index in [1.54, 1.807) is 6.92 Å². The van der Waals surface area contributed by atoms with Gasteiger partial charge in [-0.2, -0.15) is 0 Å². The van der Waals surface area contributed by atoms with Gasteiger partial charge in [0.15, 0.2) is 0 Å². The zero-order valence-electron chi connectivity index (χ0n) is 14.1. The third kappa shape index (κ3) is 6.02. The SMILES string of the molecule is CCOC(=O)C(N)CSC1CC(=O)N(CCc2ccccc2)C1=O.Cl. The van der Waals surface area contributed by atoms with Crippen LogP contribution in [0, 0.1) is 0 Å². The Bertz CT molecular complexity index is 600. The second kappa shape index (κ2) is 10.4. The van der Waals surface area contributed by atoms with E-state index in [-0.39, 0.29) is 43.0 Å². The Morgan fingerprint density at radius 3 is 2.68 bits per heavy atom. The van der Waals surface area contributed by atoms with Crippen molar-refractivity contribution in [3.05, 3.63) is 35.9 Å². The van der Waals surface area contributed by atoms with Gasteiger partial charge in [0, 0.05) is 18.7 Å². The van der Waals surface area contributed by atoms with E-state index >= 15 is 0 Å². The number of nitrogens with zero attached hydrogens (tertiary/aromatic N) is 1. The summed E-state index contributed by atoms with van der Waals surface area (Å²) in [6.07, 6.45) is 0.798. The molecule has 2 amide bonds. The molecule has 6 nitrogen and oxygen atoms in total. The first kappa shape index (κ1) is 21.5. The Labute approximate surface area is 157 Å². The second-order valence-corrected chi connectivity index (χ2v) is 6.74. The van der Waals surface area contributed by atoms with Crippen LogP contribution in [0.15, 0.2) is 30.3 Å². The van der Waals surface area contributed by atoms with Crippen LogP contribution in [0.1, 0.15) is 18.9 Å². The van der Waals surface area contributed by atoms with Crippen molar-refractivity contribution in [3.63, 3.8) is 0 Å². The lowest BCUT2D eigenvalue weighted by atomic mass is 10.1. The van der Waals surface area contributed by atoms with Crippen molar-refractivity contribution in [1.29, 1.82) is 0 Å². The van der Waals surface area contributed by atoms with Gasteiger partial charge in [-0.05, 0) is 18.9 Å². The maximum atomic E-state index is 12.4. The van der Waals surface area contributed by atoms with E-state index in [9.17, 15) is 14.4 Å². The summed E-state index contributed by atoms with van der Waals surface area (Å²) in [6, 6.07) is 8.94. The van der Waals surface area contributed by atoms with Crippen LogP contribution in [0.2, 0.25) is 0 Å². The highest BCUT2D eigenvalue weighted by atomic mass is 35.5. The molecule has 138 valence electrons. The van der Waals surface area contributed by atoms with E-state index in [1.165, 1.54) is 16.7 Å².